The highest BCUT2D eigenvalue weighted by Gasteiger charge is 2.12. The molecule has 5 aromatic rings. The van der Waals surface area contributed by atoms with Gasteiger partial charge in [0, 0.05) is 62.1 Å². The maximum atomic E-state index is 11.7. The van der Waals surface area contributed by atoms with Gasteiger partial charge in [0.2, 0.25) is 0 Å². The third-order valence-corrected chi connectivity index (χ3v) is 10.8. The number of nitrogens with one attached hydrogen (secondary N) is 4. The Kier molecular flexibility index (Phi) is 34.9. The summed E-state index contributed by atoms with van der Waals surface area (Å²) < 4.78 is 4.87. The minimum atomic E-state index is -0.232. The molecule has 0 unspecified atom stereocenters. The van der Waals surface area contributed by atoms with Crippen LogP contribution >= 0.6 is 0 Å². The average Bonchev–Trinajstić information content (AvgIpc) is 3.92. The van der Waals surface area contributed by atoms with Crippen molar-refractivity contribution < 1.29 is 23.6 Å². The van der Waals surface area contributed by atoms with Gasteiger partial charge in [-0.15, -0.1) is 0 Å². The molecule has 0 radical (unpaired) electrons. The summed E-state index contributed by atoms with van der Waals surface area (Å²) in [4.78, 5) is 61.8. The third kappa shape index (κ3) is 37.5. The molecule has 13 heteroatoms. The highest BCUT2D eigenvalue weighted by Crippen LogP contribution is 2.20. The number of carbonyl (C=O) groups excluding carboxylic acids is 4. The highest BCUT2D eigenvalue weighted by molar-refractivity contribution is 5.94. The summed E-state index contributed by atoms with van der Waals surface area (Å²) >= 11 is 0. The zero-order valence-corrected chi connectivity index (χ0v) is 47.3. The molecule has 0 atom stereocenters. The Morgan fingerprint density at radius 2 is 0.932 bits per heavy atom. The SMILES string of the molecule is CC(C)(C)CCCNC(=O)c1ccccc1.CC(C)(C)Cc1cccnc1.CC(C)CCCCNC(=O)c1ccccc1.CC(C)CCCCNC(=O)c1cnccn1.CC(C)CCCCNC(=O)c1ncco1. The van der Waals surface area contributed by atoms with Gasteiger partial charge in [-0.3, -0.25) is 29.1 Å². The van der Waals surface area contributed by atoms with Crippen LogP contribution in [-0.4, -0.2) is 69.7 Å². The minimum absolute atomic E-state index is 0.0227. The van der Waals surface area contributed by atoms with E-state index in [-0.39, 0.29) is 29.5 Å². The zero-order valence-electron chi connectivity index (χ0n) is 47.3. The van der Waals surface area contributed by atoms with Crippen LogP contribution in [0, 0.1) is 28.6 Å². The number of hydrogen-bond acceptors (Lipinski definition) is 9. The van der Waals surface area contributed by atoms with Crippen molar-refractivity contribution >= 4 is 23.6 Å². The average molecular weight is 1020 g/mol. The lowest BCUT2D eigenvalue weighted by molar-refractivity contribution is 0.0915. The fourth-order valence-electron chi connectivity index (χ4n) is 6.88. The first-order valence-corrected chi connectivity index (χ1v) is 26.9. The minimum Gasteiger partial charge on any atom is -0.441 e. The van der Waals surface area contributed by atoms with Gasteiger partial charge in [0.15, 0.2) is 0 Å². The number of amides is 4. The van der Waals surface area contributed by atoms with E-state index in [1.807, 2.05) is 79.1 Å². The Morgan fingerprint density at radius 3 is 1.32 bits per heavy atom. The molecule has 4 amide bonds. The molecule has 0 fully saturated rings. The van der Waals surface area contributed by atoms with Crippen molar-refractivity contribution in [2.75, 3.05) is 26.2 Å². The van der Waals surface area contributed by atoms with Crippen LogP contribution in [0.5, 0.6) is 0 Å². The van der Waals surface area contributed by atoms with E-state index in [9.17, 15) is 19.2 Å². The van der Waals surface area contributed by atoms with E-state index in [1.54, 1.807) is 6.20 Å². The molecular weight excluding hydrogens is 925 g/mol. The van der Waals surface area contributed by atoms with Crippen LogP contribution in [0.3, 0.4) is 0 Å². The molecule has 0 aliphatic carbocycles. The lowest BCUT2D eigenvalue weighted by Crippen LogP contribution is -2.25. The van der Waals surface area contributed by atoms with Crippen molar-refractivity contribution in [3.05, 3.63) is 145 Å². The van der Waals surface area contributed by atoms with Gasteiger partial charge in [-0.1, -0.05) is 164 Å². The first-order chi connectivity index (χ1) is 35.2. The van der Waals surface area contributed by atoms with E-state index in [4.69, 9.17) is 4.42 Å². The fraction of sp³-hybridized carbons (Fsp3) is 0.541. The van der Waals surface area contributed by atoms with Crippen LogP contribution in [0.15, 0.2) is 121 Å². The fourth-order valence-corrected chi connectivity index (χ4v) is 6.88. The molecule has 0 spiro atoms. The number of pyridine rings is 1. The smallest absolute Gasteiger partial charge is 0.307 e. The summed E-state index contributed by atoms with van der Waals surface area (Å²) in [5.74, 6) is 2.04. The van der Waals surface area contributed by atoms with Gasteiger partial charge < -0.3 is 25.7 Å². The van der Waals surface area contributed by atoms with E-state index in [0.717, 1.165) is 93.3 Å². The maximum absolute atomic E-state index is 11.7. The van der Waals surface area contributed by atoms with Crippen molar-refractivity contribution in [3.8, 4) is 0 Å². The quantitative estimate of drug-likeness (QED) is 0.0463. The van der Waals surface area contributed by atoms with E-state index < -0.39 is 0 Å². The Bertz CT molecular complexity index is 2090. The standard InChI is InChI=1S/2C14H21NO.C12H19N3O.C11H18N2O2.C10H15N/c1-14(2,3)10-7-11-15-13(16)12-8-5-4-6-9-12;1-12(2)8-6-7-11-15-14(16)13-9-4-3-5-10-13;1-10(2)5-3-4-6-15-12(16)11-9-13-7-8-14-11;1-9(2)5-3-4-6-12-10(14)11-13-7-8-15-11;1-10(2,3)7-9-5-4-6-11-8-9/h4-6,8-9H,7,10-11H2,1-3H3,(H,15,16);3-5,9-10,12H,6-8,11H2,1-2H3,(H,15,16);7-10H,3-6H2,1-2H3,(H,15,16);7-9H,3-6H2,1-2H3,(H,12,14);4-6,8H,7H2,1-3H3. The number of benzene rings is 2. The van der Waals surface area contributed by atoms with Gasteiger partial charge in [0.25, 0.3) is 23.6 Å². The molecule has 3 heterocycles. The number of unbranched alkanes of at least 4 members (excludes halogenated alkanes) is 3. The van der Waals surface area contributed by atoms with E-state index in [0.29, 0.717) is 29.6 Å². The van der Waals surface area contributed by atoms with Crippen LogP contribution in [-0.2, 0) is 6.42 Å². The molecule has 3 aromatic heterocycles. The van der Waals surface area contributed by atoms with E-state index in [2.05, 4.69) is 130 Å². The third-order valence-electron chi connectivity index (χ3n) is 10.8. The van der Waals surface area contributed by atoms with Gasteiger partial charge in [-0.2, -0.15) is 0 Å². The van der Waals surface area contributed by atoms with Crippen molar-refractivity contribution in [1.29, 1.82) is 0 Å². The van der Waals surface area contributed by atoms with E-state index >= 15 is 0 Å². The van der Waals surface area contributed by atoms with Crippen LogP contribution in [0.4, 0.5) is 0 Å². The largest absolute Gasteiger partial charge is 0.441 e. The molecular formula is C61H94N8O5. The molecule has 408 valence electrons. The molecule has 13 nitrogen and oxygen atoms in total. The Hall–Kier alpha value is -6.24. The van der Waals surface area contributed by atoms with Gasteiger partial charge in [-0.05, 0) is 103 Å². The summed E-state index contributed by atoms with van der Waals surface area (Å²) in [5, 5.41) is 11.5. The second kappa shape index (κ2) is 39.3. The molecule has 0 aliphatic heterocycles. The lowest BCUT2D eigenvalue weighted by atomic mass is 9.89. The first kappa shape index (κ1) is 65.8. The molecule has 74 heavy (non-hydrogen) atoms. The van der Waals surface area contributed by atoms with Crippen LogP contribution in [0.2, 0.25) is 0 Å². The van der Waals surface area contributed by atoms with E-state index in [1.165, 1.54) is 56.1 Å². The summed E-state index contributed by atoms with van der Waals surface area (Å²) in [6, 6.07) is 22.8. The van der Waals surface area contributed by atoms with Gasteiger partial charge in [-0.25, -0.2) is 9.97 Å². The number of hydrogen-bond donors (Lipinski definition) is 4. The second-order valence-corrected chi connectivity index (χ2v) is 22.1. The molecule has 0 saturated carbocycles. The normalized spacial score (nSPS) is 10.8. The van der Waals surface area contributed by atoms with Crippen LogP contribution < -0.4 is 21.3 Å². The number of rotatable bonds is 23. The highest BCUT2D eigenvalue weighted by atomic mass is 16.3. The second-order valence-electron chi connectivity index (χ2n) is 22.1. The van der Waals surface area contributed by atoms with Crippen molar-refractivity contribution in [2.24, 2.45) is 28.6 Å². The molecule has 0 saturated heterocycles. The van der Waals surface area contributed by atoms with Gasteiger partial charge >= 0.3 is 5.91 Å². The monoisotopic (exact) mass is 1020 g/mol. The van der Waals surface area contributed by atoms with Gasteiger partial charge in [0.1, 0.15) is 12.0 Å². The van der Waals surface area contributed by atoms with Crippen LogP contribution in [0.1, 0.15) is 201 Å². The van der Waals surface area contributed by atoms with Crippen molar-refractivity contribution in [3.63, 3.8) is 0 Å². The van der Waals surface area contributed by atoms with Gasteiger partial charge in [0.05, 0.1) is 12.4 Å². The lowest BCUT2D eigenvalue weighted by Gasteiger charge is -2.17. The Balaban J connectivity index is 0.000000465. The number of nitrogens with zero attached hydrogens (tertiary/aromatic N) is 4. The first-order valence-electron chi connectivity index (χ1n) is 26.9. The van der Waals surface area contributed by atoms with Crippen molar-refractivity contribution in [2.45, 2.75) is 160 Å². The summed E-state index contributed by atoms with van der Waals surface area (Å²) in [6.45, 7) is 29.5. The summed E-state index contributed by atoms with van der Waals surface area (Å²) in [6.07, 6.45) is 24.6. The zero-order chi connectivity index (χ0) is 55.0. The van der Waals surface area contributed by atoms with Crippen molar-refractivity contribution in [1.82, 2.24) is 41.2 Å². The molecule has 0 aliphatic rings. The predicted octanol–water partition coefficient (Wildman–Crippen LogP) is 13.4. The number of oxazole rings is 1. The van der Waals surface area contributed by atoms with Crippen LogP contribution in [0.25, 0.3) is 0 Å². The molecule has 0 bridgehead atoms. The molecule has 4 N–H and O–H groups in total. The summed E-state index contributed by atoms with van der Waals surface area (Å²) in [5.41, 5.74) is 3.89. The Labute approximate surface area is 446 Å². The number of carbonyl (C=O) groups is 4. The molecule has 5 rings (SSSR count). The topological polar surface area (TPSA) is 181 Å². The maximum Gasteiger partial charge on any atom is 0.307 e. The summed E-state index contributed by atoms with van der Waals surface area (Å²) in [7, 11) is 0. The Morgan fingerprint density at radius 1 is 0.473 bits per heavy atom. The number of aromatic nitrogens is 4. The predicted molar refractivity (Wildman–Crippen MR) is 303 cm³/mol. The molecule has 2 aromatic carbocycles.